The summed E-state index contributed by atoms with van der Waals surface area (Å²) in [6.45, 7) is 12.6. The van der Waals surface area contributed by atoms with Crippen molar-refractivity contribution in [2.24, 2.45) is 0 Å². The third kappa shape index (κ3) is 4.85. The molecule has 1 unspecified atom stereocenters. The third-order valence-corrected chi connectivity index (χ3v) is 6.61. The van der Waals surface area contributed by atoms with Gasteiger partial charge in [0.1, 0.15) is 0 Å². The Morgan fingerprint density at radius 1 is 0.833 bits per heavy atom. The minimum atomic E-state index is -0.0373. The summed E-state index contributed by atoms with van der Waals surface area (Å²) in [4.78, 5) is 22.4. The normalized spacial score (nSPS) is 19.7. The fourth-order valence-electron chi connectivity index (χ4n) is 4.66. The van der Waals surface area contributed by atoms with E-state index in [9.17, 15) is 4.79 Å². The molecule has 2 aromatic rings. The maximum absolute atomic E-state index is 13.1. The molecule has 0 N–H and O–H groups in total. The Hall–Kier alpha value is -2.37. The fourth-order valence-corrected chi connectivity index (χ4v) is 4.66. The lowest BCUT2D eigenvalue weighted by atomic mass is 10.1. The lowest BCUT2D eigenvalue weighted by molar-refractivity contribution is -0.138. The predicted octanol–water partition coefficient (Wildman–Crippen LogP) is 2.85. The molecule has 1 atom stereocenters. The Morgan fingerprint density at radius 3 is 2.13 bits per heavy atom. The van der Waals surface area contributed by atoms with Gasteiger partial charge < -0.3 is 9.80 Å². The standard InChI is InChI=1S/C25H34N4O/c1-21-8-6-7-11-24(21)28-18-16-27(17-19-28)22(2)25(30)29-14-12-26(13-15-29)20-23-9-4-3-5-10-23/h3-11,22H,12-20H2,1-2H3. The zero-order valence-electron chi connectivity index (χ0n) is 18.3. The second-order valence-corrected chi connectivity index (χ2v) is 8.57. The van der Waals surface area contributed by atoms with E-state index in [1.54, 1.807) is 0 Å². The highest BCUT2D eigenvalue weighted by molar-refractivity contribution is 5.81. The molecule has 5 nitrogen and oxygen atoms in total. The van der Waals surface area contributed by atoms with Crippen LogP contribution in [0.2, 0.25) is 0 Å². The molecule has 160 valence electrons. The molecule has 30 heavy (non-hydrogen) atoms. The molecule has 0 radical (unpaired) electrons. The summed E-state index contributed by atoms with van der Waals surface area (Å²) in [6.07, 6.45) is 0. The number of piperazine rings is 2. The van der Waals surface area contributed by atoms with Crippen molar-refractivity contribution >= 4 is 11.6 Å². The molecular formula is C25H34N4O. The van der Waals surface area contributed by atoms with Gasteiger partial charge in [0, 0.05) is 64.6 Å². The van der Waals surface area contributed by atoms with Gasteiger partial charge in [-0.05, 0) is 31.0 Å². The monoisotopic (exact) mass is 406 g/mol. The highest BCUT2D eigenvalue weighted by Crippen LogP contribution is 2.22. The summed E-state index contributed by atoms with van der Waals surface area (Å²) < 4.78 is 0. The van der Waals surface area contributed by atoms with Crippen LogP contribution < -0.4 is 4.90 Å². The van der Waals surface area contributed by atoms with Crippen LogP contribution in [0.3, 0.4) is 0 Å². The first-order valence-corrected chi connectivity index (χ1v) is 11.2. The van der Waals surface area contributed by atoms with Gasteiger partial charge in [0.15, 0.2) is 0 Å². The number of para-hydroxylation sites is 1. The summed E-state index contributed by atoms with van der Waals surface area (Å²) in [5, 5.41) is 0. The van der Waals surface area contributed by atoms with E-state index in [2.05, 4.69) is 88.0 Å². The first kappa shape index (κ1) is 20.9. The molecule has 0 spiro atoms. The zero-order valence-corrected chi connectivity index (χ0v) is 18.3. The average Bonchev–Trinajstić information content (AvgIpc) is 2.80. The second kappa shape index (κ2) is 9.63. The summed E-state index contributed by atoms with van der Waals surface area (Å²) >= 11 is 0. The van der Waals surface area contributed by atoms with Crippen molar-refractivity contribution in [2.45, 2.75) is 26.4 Å². The molecular weight excluding hydrogens is 372 g/mol. The largest absolute Gasteiger partial charge is 0.369 e. The third-order valence-electron chi connectivity index (χ3n) is 6.61. The van der Waals surface area contributed by atoms with Gasteiger partial charge in [-0.3, -0.25) is 14.6 Å². The van der Waals surface area contributed by atoms with Gasteiger partial charge >= 0.3 is 0 Å². The first-order chi connectivity index (χ1) is 14.6. The lowest BCUT2D eigenvalue weighted by Crippen LogP contribution is -2.57. The number of hydrogen-bond acceptors (Lipinski definition) is 4. The number of nitrogens with zero attached hydrogens (tertiary/aromatic N) is 4. The molecule has 2 saturated heterocycles. The highest BCUT2D eigenvalue weighted by Gasteiger charge is 2.30. The van der Waals surface area contributed by atoms with Crippen LogP contribution in [0.5, 0.6) is 0 Å². The fraction of sp³-hybridized carbons (Fsp3) is 0.480. The molecule has 5 heteroatoms. The number of benzene rings is 2. The van der Waals surface area contributed by atoms with Crippen LogP contribution in [0.15, 0.2) is 54.6 Å². The Labute approximate surface area is 180 Å². The van der Waals surface area contributed by atoms with Crippen LogP contribution in [0.4, 0.5) is 5.69 Å². The van der Waals surface area contributed by atoms with Gasteiger partial charge in [0.2, 0.25) is 5.91 Å². The van der Waals surface area contributed by atoms with Gasteiger partial charge in [-0.1, -0.05) is 48.5 Å². The van der Waals surface area contributed by atoms with Crippen molar-refractivity contribution in [3.05, 3.63) is 65.7 Å². The van der Waals surface area contributed by atoms with Crippen LogP contribution in [-0.4, -0.2) is 79.0 Å². The van der Waals surface area contributed by atoms with E-state index < -0.39 is 0 Å². The van der Waals surface area contributed by atoms with Crippen molar-refractivity contribution in [3.63, 3.8) is 0 Å². The number of amides is 1. The van der Waals surface area contributed by atoms with E-state index in [1.807, 2.05) is 0 Å². The maximum Gasteiger partial charge on any atom is 0.239 e. The molecule has 2 fully saturated rings. The Morgan fingerprint density at radius 2 is 1.47 bits per heavy atom. The van der Waals surface area contributed by atoms with Crippen LogP contribution in [0.25, 0.3) is 0 Å². The Bertz CT molecular complexity index is 824. The van der Waals surface area contributed by atoms with E-state index in [4.69, 9.17) is 0 Å². The van der Waals surface area contributed by atoms with Crippen LogP contribution in [-0.2, 0) is 11.3 Å². The maximum atomic E-state index is 13.1. The minimum absolute atomic E-state index is 0.0373. The molecule has 0 saturated carbocycles. The van der Waals surface area contributed by atoms with E-state index in [-0.39, 0.29) is 6.04 Å². The quantitative estimate of drug-likeness (QED) is 0.764. The molecule has 2 aliphatic heterocycles. The van der Waals surface area contributed by atoms with Crippen LogP contribution in [0.1, 0.15) is 18.1 Å². The SMILES string of the molecule is Cc1ccccc1N1CCN(C(C)C(=O)N2CCN(Cc3ccccc3)CC2)CC1. The smallest absolute Gasteiger partial charge is 0.239 e. The molecule has 1 amide bonds. The van der Waals surface area contributed by atoms with Gasteiger partial charge in [-0.2, -0.15) is 0 Å². The van der Waals surface area contributed by atoms with E-state index in [0.717, 1.165) is 58.9 Å². The predicted molar refractivity (Wildman–Crippen MR) is 123 cm³/mol. The summed E-state index contributed by atoms with van der Waals surface area (Å²) in [5.74, 6) is 0.290. The Balaban J connectivity index is 1.25. The van der Waals surface area contributed by atoms with Crippen molar-refractivity contribution < 1.29 is 4.79 Å². The summed E-state index contributed by atoms with van der Waals surface area (Å²) in [7, 11) is 0. The van der Waals surface area contributed by atoms with Gasteiger partial charge in [0.25, 0.3) is 0 Å². The Kier molecular flexibility index (Phi) is 6.70. The molecule has 0 aromatic heterocycles. The highest BCUT2D eigenvalue weighted by atomic mass is 16.2. The first-order valence-electron chi connectivity index (χ1n) is 11.2. The van der Waals surface area contributed by atoms with Gasteiger partial charge in [0.05, 0.1) is 6.04 Å². The topological polar surface area (TPSA) is 30.0 Å². The zero-order chi connectivity index (χ0) is 20.9. The molecule has 4 rings (SSSR count). The summed E-state index contributed by atoms with van der Waals surface area (Å²) in [5.41, 5.74) is 3.99. The number of carbonyl (C=O) groups excluding carboxylic acids is 1. The molecule has 0 aliphatic carbocycles. The van der Waals surface area contributed by atoms with Crippen molar-refractivity contribution in [1.82, 2.24) is 14.7 Å². The lowest BCUT2D eigenvalue weighted by Gasteiger charge is -2.41. The molecule has 2 aromatic carbocycles. The van der Waals surface area contributed by atoms with Crippen molar-refractivity contribution in [1.29, 1.82) is 0 Å². The van der Waals surface area contributed by atoms with E-state index in [0.29, 0.717) is 5.91 Å². The minimum Gasteiger partial charge on any atom is -0.369 e. The van der Waals surface area contributed by atoms with Crippen molar-refractivity contribution in [2.75, 3.05) is 57.3 Å². The number of rotatable bonds is 5. The number of aryl methyl sites for hydroxylation is 1. The molecule has 2 aliphatic rings. The van der Waals surface area contributed by atoms with E-state index in [1.165, 1.54) is 16.8 Å². The van der Waals surface area contributed by atoms with Crippen molar-refractivity contribution in [3.8, 4) is 0 Å². The second-order valence-electron chi connectivity index (χ2n) is 8.57. The number of hydrogen-bond donors (Lipinski definition) is 0. The van der Waals surface area contributed by atoms with Crippen LogP contribution in [0, 0.1) is 6.92 Å². The number of anilines is 1. The van der Waals surface area contributed by atoms with Gasteiger partial charge in [-0.15, -0.1) is 0 Å². The summed E-state index contributed by atoms with van der Waals surface area (Å²) in [6, 6.07) is 19.1. The average molecular weight is 407 g/mol. The number of carbonyl (C=O) groups is 1. The van der Waals surface area contributed by atoms with E-state index >= 15 is 0 Å². The van der Waals surface area contributed by atoms with Gasteiger partial charge in [-0.25, -0.2) is 0 Å². The molecule has 0 bridgehead atoms. The molecule has 2 heterocycles. The van der Waals surface area contributed by atoms with Crippen LogP contribution >= 0.6 is 0 Å².